The number of amides is 3. The van der Waals surface area contributed by atoms with E-state index in [1.54, 1.807) is 35.0 Å². The number of nitrogens with one attached hydrogen (secondary N) is 2. The maximum Gasteiger partial charge on any atom is 0.325 e. The molecule has 0 atom stereocenters. The lowest BCUT2D eigenvalue weighted by Crippen LogP contribution is -2.50. The standard InChI is InChI=1S/C20H21N7O4/c28-15-12-26(20(30)22-17(29)13-4-2-1-3-5-13)10-14-11-27-18(21-16(14)15)23-19(24-27)25-6-8-31-9-7-25/h1-5H,6-12H2,(H,21,23,24)(H,22,29,30). The van der Waals surface area contributed by atoms with E-state index in [0.29, 0.717) is 56.0 Å². The number of Topliss-reactive ketones (excluding diaryl/α,β-unsaturated/α-hetero) is 1. The van der Waals surface area contributed by atoms with Crippen molar-refractivity contribution in [3.8, 4) is 0 Å². The Balaban J connectivity index is 1.28. The lowest BCUT2D eigenvalue weighted by atomic mass is 10.0. The number of rotatable bonds is 2. The molecule has 1 fully saturated rings. The van der Waals surface area contributed by atoms with Crippen LogP contribution >= 0.6 is 0 Å². The number of nitrogens with zero attached hydrogens (tertiary/aromatic N) is 5. The number of hydrogen-bond acceptors (Lipinski definition) is 8. The molecule has 4 heterocycles. The summed E-state index contributed by atoms with van der Waals surface area (Å²) >= 11 is 0. The van der Waals surface area contributed by atoms with Crippen molar-refractivity contribution in [1.82, 2.24) is 25.0 Å². The molecule has 0 aliphatic carbocycles. The summed E-state index contributed by atoms with van der Waals surface area (Å²) in [5, 5.41) is 9.96. The van der Waals surface area contributed by atoms with Crippen LogP contribution in [0.4, 0.5) is 16.7 Å². The van der Waals surface area contributed by atoms with E-state index < -0.39 is 11.9 Å². The number of benzene rings is 1. The smallest absolute Gasteiger partial charge is 0.325 e. The fourth-order valence-electron chi connectivity index (χ4n) is 3.81. The van der Waals surface area contributed by atoms with Crippen molar-refractivity contribution in [3.63, 3.8) is 0 Å². The third-order valence-corrected chi connectivity index (χ3v) is 5.42. The predicted octanol–water partition coefficient (Wildman–Crippen LogP) is 0.229. The van der Waals surface area contributed by atoms with Gasteiger partial charge in [0.15, 0.2) is 5.78 Å². The Kier molecular flexibility index (Phi) is 4.86. The molecule has 0 saturated carbocycles. The average Bonchev–Trinajstić information content (AvgIpc) is 3.22. The van der Waals surface area contributed by atoms with Crippen LogP contribution in [0.3, 0.4) is 0 Å². The number of aromatic nitrogens is 3. The highest BCUT2D eigenvalue weighted by Crippen LogP contribution is 2.26. The van der Waals surface area contributed by atoms with E-state index in [9.17, 15) is 14.4 Å². The zero-order chi connectivity index (χ0) is 21.4. The first-order valence-corrected chi connectivity index (χ1v) is 10.0. The molecule has 0 radical (unpaired) electrons. The van der Waals surface area contributed by atoms with E-state index in [-0.39, 0.29) is 18.9 Å². The topological polar surface area (TPSA) is 122 Å². The second-order valence-electron chi connectivity index (χ2n) is 7.50. The average molecular weight is 423 g/mol. The predicted molar refractivity (Wildman–Crippen MR) is 110 cm³/mol. The van der Waals surface area contributed by atoms with Crippen LogP contribution in [0.15, 0.2) is 41.6 Å². The number of urea groups is 1. The first-order chi connectivity index (χ1) is 15.1. The highest BCUT2D eigenvalue weighted by atomic mass is 16.5. The van der Waals surface area contributed by atoms with E-state index in [0.717, 1.165) is 5.57 Å². The molecular weight excluding hydrogens is 402 g/mol. The van der Waals surface area contributed by atoms with E-state index >= 15 is 0 Å². The minimum atomic E-state index is -0.604. The number of ketones is 1. The third-order valence-electron chi connectivity index (χ3n) is 5.42. The Labute approximate surface area is 177 Å². The number of hydrogen-bond donors (Lipinski definition) is 2. The van der Waals surface area contributed by atoms with Crippen molar-refractivity contribution < 1.29 is 19.1 Å². The van der Waals surface area contributed by atoms with Crippen molar-refractivity contribution in [2.75, 3.05) is 49.6 Å². The Bertz CT molecular complexity index is 1070. The molecule has 0 spiro atoms. The maximum atomic E-state index is 12.7. The summed E-state index contributed by atoms with van der Waals surface area (Å²) in [7, 11) is 0. The van der Waals surface area contributed by atoms with Crippen molar-refractivity contribution in [2.24, 2.45) is 0 Å². The lowest BCUT2D eigenvalue weighted by Gasteiger charge is -2.32. The fourth-order valence-corrected chi connectivity index (χ4v) is 3.81. The molecule has 3 aliphatic heterocycles. The summed E-state index contributed by atoms with van der Waals surface area (Å²) in [4.78, 5) is 45.5. The van der Waals surface area contributed by atoms with Gasteiger partial charge in [0.25, 0.3) is 5.91 Å². The van der Waals surface area contributed by atoms with Gasteiger partial charge in [-0.15, -0.1) is 5.10 Å². The number of morpholine rings is 1. The normalized spacial score (nSPS) is 18.3. The third kappa shape index (κ3) is 3.75. The van der Waals surface area contributed by atoms with Crippen LogP contribution in [0.2, 0.25) is 0 Å². The van der Waals surface area contributed by atoms with Gasteiger partial charge >= 0.3 is 6.03 Å². The minimum absolute atomic E-state index is 0.121. The quantitative estimate of drug-likeness (QED) is 0.704. The van der Waals surface area contributed by atoms with Crippen molar-refractivity contribution >= 4 is 29.6 Å². The summed E-state index contributed by atoms with van der Waals surface area (Å²) in [5.41, 5.74) is 1.55. The minimum Gasteiger partial charge on any atom is -0.378 e. The molecular formula is C20H21N7O4. The molecule has 3 aliphatic rings. The molecule has 5 rings (SSSR count). The van der Waals surface area contributed by atoms with E-state index in [1.165, 1.54) is 4.90 Å². The van der Waals surface area contributed by atoms with Gasteiger partial charge in [-0.2, -0.15) is 4.98 Å². The molecule has 0 bridgehead atoms. The molecule has 3 amide bonds. The monoisotopic (exact) mass is 423 g/mol. The molecule has 1 saturated heterocycles. The number of carbonyl (C=O) groups excluding carboxylic acids is 3. The van der Waals surface area contributed by atoms with Crippen LogP contribution in [0.5, 0.6) is 0 Å². The van der Waals surface area contributed by atoms with Crippen molar-refractivity contribution in [2.45, 2.75) is 6.54 Å². The van der Waals surface area contributed by atoms with Gasteiger partial charge < -0.3 is 19.9 Å². The molecule has 2 N–H and O–H groups in total. The van der Waals surface area contributed by atoms with Crippen molar-refractivity contribution in [1.29, 1.82) is 0 Å². The number of ether oxygens (including phenoxy) is 1. The second kappa shape index (κ2) is 7.84. The first-order valence-electron chi connectivity index (χ1n) is 10.0. The van der Waals surface area contributed by atoms with Gasteiger partial charge in [-0.25, -0.2) is 9.48 Å². The van der Waals surface area contributed by atoms with Gasteiger partial charge in [0.1, 0.15) is 0 Å². The van der Waals surface area contributed by atoms with Gasteiger partial charge in [-0.3, -0.25) is 14.9 Å². The van der Waals surface area contributed by atoms with Gasteiger partial charge in [-0.1, -0.05) is 18.2 Å². The summed E-state index contributed by atoms with van der Waals surface area (Å²) in [6.07, 6.45) is 0. The molecule has 1 aromatic carbocycles. The highest BCUT2D eigenvalue weighted by molar-refractivity contribution is 6.07. The number of imide groups is 1. The lowest BCUT2D eigenvalue weighted by molar-refractivity contribution is -0.116. The molecule has 0 unspecified atom stereocenters. The Morgan fingerprint density at radius 3 is 2.61 bits per heavy atom. The molecule has 2 aromatic rings. The molecule has 31 heavy (non-hydrogen) atoms. The number of anilines is 2. The van der Waals surface area contributed by atoms with Gasteiger partial charge in [-0.05, 0) is 17.7 Å². The maximum absolute atomic E-state index is 12.7. The first kappa shape index (κ1) is 19.2. The van der Waals surface area contributed by atoms with Crippen LogP contribution in [-0.2, 0) is 16.1 Å². The highest BCUT2D eigenvalue weighted by Gasteiger charge is 2.34. The second-order valence-corrected chi connectivity index (χ2v) is 7.50. The number of carbonyl (C=O) groups is 3. The fraction of sp³-hybridized carbons (Fsp3) is 0.350. The van der Waals surface area contributed by atoms with Crippen LogP contribution in [0.25, 0.3) is 0 Å². The van der Waals surface area contributed by atoms with E-state index in [4.69, 9.17) is 4.74 Å². The Morgan fingerprint density at radius 1 is 1.06 bits per heavy atom. The van der Waals surface area contributed by atoms with E-state index in [1.807, 2.05) is 4.90 Å². The zero-order valence-corrected chi connectivity index (χ0v) is 16.7. The van der Waals surface area contributed by atoms with Crippen LogP contribution in [-0.4, -0.2) is 76.8 Å². The largest absolute Gasteiger partial charge is 0.378 e. The summed E-state index contributed by atoms with van der Waals surface area (Å²) in [6, 6.07) is 7.86. The Morgan fingerprint density at radius 2 is 1.84 bits per heavy atom. The van der Waals surface area contributed by atoms with Crippen LogP contribution in [0.1, 0.15) is 10.4 Å². The number of fused-ring (bicyclic) bond motifs is 1. The zero-order valence-electron chi connectivity index (χ0n) is 16.7. The Hall–Kier alpha value is -3.73. The van der Waals surface area contributed by atoms with Crippen molar-refractivity contribution in [3.05, 3.63) is 47.2 Å². The SMILES string of the molecule is O=C1CN(C(=O)NC(=O)c2ccccc2)CC2=C1Nc1nc(N3CCOCC3)nn1C2. The van der Waals surface area contributed by atoms with Gasteiger partial charge in [0, 0.05) is 25.2 Å². The summed E-state index contributed by atoms with van der Waals surface area (Å²) in [6.45, 7) is 3.10. The van der Waals surface area contributed by atoms with Gasteiger partial charge in [0.2, 0.25) is 11.9 Å². The van der Waals surface area contributed by atoms with E-state index in [2.05, 4.69) is 20.7 Å². The molecule has 11 heteroatoms. The molecule has 11 nitrogen and oxygen atoms in total. The summed E-state index contributed by atoms with van der Waals surface area (Å²) < 4.78 is 7.05. The van der Waals surface area contributed by atoms with Gasteiger partial charge in [0.05, 0.1) is 32.0 Å². The molecule has 1 aromatic heterocycles. The summed E-state index contributed by atoms with van der Waals surface area (Å²) in [5.74, 6) is 0.353. The van der Waals surface area contributed by atoms with Crippen LogP contribution < -0.4 is 15.5 Å². The van der Waals surface area contributed by atoms with Crippen LogP contribution in [0, 0.1) is 0 Å². The molecule has 160 valence electrons.